The molecule has 0 saturated carbocycles. The summed E-state index contributed by atoms with van der Waals surface area (Å²) in [5.41, 5.74) is 15.4. The van der Waals surface area contributed by atoms with E-state index in [2.05, 4.69) is 246 Å². The number of fused-ring (bicyclic) bond motifs is 9. The Morgan fingerprint density at radius 2 is 0.862 bits per heavy atom. The van der Waals surface area contributed by atoms with E-state index in [4.69, 9.17) is 4.42 Å². The third kappa shape index (κ3) is 6.05. The molecule has 2 aromatic heterocycles. The van der Waals surface area contributed by atoms with Crippen molar-refractivity contribution in [2.75, 3.05) is 4.90 Å². The van der Waals surface area contributed by atoms with Gasteiger partial charge in [0.1, 0.15) is 11.2 Å². The molecule has 0 bridgehead atoms. The van der Waals surface area contributed by atoms with Crippen molar-refractivity contribution in [1.29, 1.82) is 0 Å². The predicted molar refractivity (Wildman–Crippen MR) is 274 cm³/mol. The summed E-state index contributed by atoms with van der Waals surface area (Å²) in [7, 11) is 0. The molecule has 13 rings (SSSR count). The first-order valence-electron chi connectivity index (χ1n) is 22.2. The molecule has 0 fully saturated rings. The molecule has 3 nitrogen and oxygen atoms in total. The molecular formula is C62H40N2O. The fourth-order valence-corrected chi connectivity index (χ4v) is 10.2. The third-order valence-electron chi connectivity index (χ3n) is 13.2. The van der Waals surface area contributed by atoms with Gasteiger partial charge in [-0.25, -0.2) is 0 Å². The summed E-state index contributed by atoms with van der Waals surface area (Å²) < 4.78 is 8.82. The summed E-state index contributed by atoms with van der Waals surface area (Å²) in [5, 5.41) is 9.78. The molecule has 304 valence electrons. The van der Waals surface area contributed by atoms with Gasteiger partial charge in [0, 0.05) is 44.0 Å². The van der Waals surface area contributed by atoms with Crippen molar-refractivity contribution in [2.45, 2.75) is 0 Å². The highest BCUT2D eigenvalue weighted by Crippen LogP contribution is 2.46. The standard InChI is InChI=1S/C62H40N2O/c1-2-15-48-42(14-1)28-29-45-40-44(34-39-49(45)48)41-30-35-46(36-31-41)63(57-23-9-6-19-53(57)54-21-13-27-61-62(54)55-20-7-12-26-60(55)65-61)47-37-32-43(33-38-47)50-16-3-8-22-56(50)64-58-24-10-4-17-51(58)52-18-5-11-25-59(52)64/h1-40H. The van der Waals surface area contributed by atoms with Crippen molar-refractivity contribution in [2.24, 2.45) is 0 Å². The molecule has 0 saturated heterocycles. The number of nitrogens with zero attached hydrogens (tertiary/aromatic N) is 2. The fourth-order valence-electron chi connectivity index (χ4n) is 10.2. The van der Waals surface area contributed by atoms with Crippen LogP contribution in [0, 0.1) is 0 Å². The number of hydrogen-bond acceptors (Lipinski definition) is 2. The molecule has 0 N–H and O–H groups in total. The third-order valence-corrected chi connectivity index (χ3v) is 13.2. The predicted octanol–water partition coefficient (Wildman–Crippen LogP) is 17.5. The average molecular weight is 829 g/mol. The first kappa shape index (κ1) is 36.9. The second kappa shape index (κ2) is 15.0. The molecule has 0 spiro atoms. The molecular weight excluding hydrogens is 789 g/mol. The van der Waals surface area contributed by atoms with Gasteiger partial charge in [0.05, 0.1) is 22.4 Å². The number of benzene rings is 11. The van der Waals surface area contributed by atoms with Crippen LogP contribution in [0.1, 0.15) is 0 Å². The highest BCUT2D eigenvalue weighted by Gasteiger charge is 2.21. The monoisotopic (exact) mass is 828 g/mol. The molecule has 13 aromatic rings. The van der Waals surface area contributed by atoms with Crippen molar-refractivity contribution in [3.05, 3.63) is 243 Å². The highest BCUT2D eigenvalue weighted by atomic mass is 16.3. The lowest BCUT2D eigenvalue weighted by molar-refractivity contribution is 0.669. The summed E-state index contributed by atoms with van der Waals surface area (Å²) in [6, 6.07) is 87.7. The van der Waals surface area contributed by atoms with Gasteiger partial charge in [0.15, 0.2) is 0 Å². The Bertz CT molecular complexity index is 3900. The molecule has 0 atom stereocenters. The van der Waals surface area contributed by atoms with Crippen LogP contribution in [0.25, 0.3) is 104 Å². The number of furan rings is 1. The normalized spacial score (nSPS) is 11.7. The molecule has 0 aliphatic heterocycles. The molecule has 0 unspecified atom stereocenters. The van der Waals surface area contributed by atoms with E-state index in [0.717, 1.165) is 61.4 Å². The lowest BCUT2D eigenvalue weighted by atomic mass is 9.96. The largest absolute Gasteiger partial charge is 0.456 e. The first-order chi connectivity index (χ1) is 32.2. The maximum absolute atomic E-state index is 6.41. The Morgan fingerprint density at radius 3 is 1.63 bits per heavy atom. The van der Waals surface area contributed by atoms with Gasteiger partial charge in [0.25, 0.3) is 0 Å². The second-order valence-corrected chi connectivity index (χ2v) is 16.8. The molecule has 0 radical (unpaired) electrons. The van der Waals surface area contributed by atoms with Gasteiger partial charge in [-0.15, -0.1) is 0 Å². The van der Waals surface area contributed by atoms with Crippen LogP contribution >= 0.6 is 0 Å². The number of hydrogen-bond donors (Lipinski definition) is 0. The van der Waals surface area contributed by atoms with E-state index in [1.165, 1.54) is 60.0 Å². The Morgan fingerprint density at radius 1 is 0.323 bits per heavy atom. The van der Waals surface area contributed by atoms with Crippen LogP contribution in [-0.4, -0.2) is 4.57 Å². The van der Waals surface area contributed by atoms with Gasteiger partial charge in [-0.05, 0) is 111 Å². The highest BCUT2D eigenvalue weighted by molar-refractivity contribution is 6.14. The van der Waals surface area contributed by atoms with Crippen LogP contribution in [0.2, 0.25) is 0 Å². The van der Waals surface area contributed by atoms with Crippen LogP contribution in [0.4, 0.5) is 17.1 Å². The molecule has 0 aliphatic carbocycles. The maximum atomic E-state index is 6.41. The minimum absolute atomic E-state index is 0.879. The van der Waals surface area contributed by atoms with Crippen LogP contribution in [0.5, 0.6) is 0 Å². The molecule has 65 heavy (non-hydrogen) atoms. The lowest BCUT2D eigenvalue weighted by Crippen LogP contribution is -2.11. The smallest absolute Gasteiger partial charge is 0.136 e. The number of para-hydroxylation sites is 5. The quantitative estimate of drug-likeness (QED) is 0.149. The average Bonchev–Trinajstić information content (AvgIpc) is 3.93. The Labute approximate surface area is 376 Å². The summed E-state index contributed by atoms with van der Waals surface area (Å²) in [5.74, 6) is 0. The van der Waals surface area contributed by atoms with Crippen molar-refractivity contribution >= 4 is 82.4 Å². The summed E-state index contributed by atoms with van der Waals surface area (Å²) in [6.07, 6.45) is 0. The molecule has 0 aliphatic rings. The fraction of sp³-hybridized carbons (Fsp3) is 0. The summed E-state index contributed by atoms with van der Waals surface area (Å²) >= 11 is 0. The van der Waals surface area contributed by atoms with E-state index in [1.54, 1.807) is 0 Å². The van der Waals surface area contributed by atoms with Crippen molar-refractivity contribution in [3.63, 3.8) is 0 Å². The summed E-state index contributed by atoms with van der Waals surface area (Å²) in [4.78, 5) is 2.40. The molecule has 11 aromatic carbocycles. The van der Waals surface area contributed by atoms with Crippen molar-refractivity contribution < 1.29 is 4.42 Å². The summed E-state index contributed by atoms with van der Waals surface area (Å²) in [6.45, 7) is 0. The number of anilines is 3. The van der Waals surface area contributed by atoms with Crippen LogP contribution in [0.3, 0.4) is 0 Å². The van der Waals surface area contributed by atoms with E-state index in [0.29, 0.717) is 0 Å². The van der Waals surface area contributed by atoms with E-state index in [-0.39, 0.29) is 0 Å². The SMILES string of the molecule is c1ccc(N(c2ccc(-c3ccc4c(ccc5ccccc54)c3)cc2)c2ccc(-c3ccccc3-n3c4ccccc4c4ccccc43)cc2)c(-c2cccc3oc4ccccc4c23)c1. The first-order valence-corrected chi connectivity index (χ1v) is 22.2. The lowest BCUT2D eigenvalue weighted by Gasteiger charge is -2.28. The van der Waals surface area contributed by atoms with E-state index >= 15 is 0 Å². The Kier molecular flexibility index (Phi) is 8.53. The van der Waals surface area contributed by atoms with Gasteiger partial charge in [-0.1, -0.05) is 176 Å². The zero-order chi connectivity index (χ0) is 42.8. The topological polar surface area (TPSA) is 21.3 Å². The van der Waals surface area contributed by atoms with Crippen LogP contribution < -0.4 is 4.90 Å². The van der Waals surface area contributed by atoms with Gasteiger partial charge in [-0.3, -0.25) is 0 Å². The number of aromatic nitrogens is 1. The van der Waals surface area contributed by atoms with E-state index in [9.17, 15) is 0 Å². The van der Waals surface area contributed by atoms with Crippen molar-refractivity contribution in [3.8, 4) is 39.1 Å². The maximum Gasteiger partial charge on any atom is 0.136 e. The molecule has 0 amide bonds. The van der Waals surface area contributed by atoms with E-state index < -0.39 is 0 Å². The zero-order valence-electron chi connectivity index (χ0n) is 35.4. The Hall–Kier alpha value is -8.66. The van der Waals surface area contributed by atoms with E-state index in [1.807, 2.05) is 6.07 Å². The van der Waals surface area contributed by atoms with Crippen molar-refractivity contribution in [1.82, 2.24) is 4.57 Å². The Balaban J connectivity index is 0.955. The van der Waals surface area contributed by atoms with Crippen LogP contribution in [-0.2, 0) is 0 Å². The van der Waals surface area contributed by atoms with Gasteiger partial charge in [0.2, 0.25) is 0 Å². The van der Waals surface area contributed by atoms with Crippen LogP contribution in [0.15, 0.2) is 247 Å². The zero-order valence-corrected chi connectivity index (χ0v) is 35.4. The number of rotatable bonds is 7. The van der Waals surface area contributed by atoms with Gasteiger partial charge >= 0.3 is 0 Å². The minimum atomic E-state index is 0.879. The van der Waals surface area contributed by atoms with Gasteiger partial charge < -0.3 is 13.9 Å². The molecule has 3 heteroatoms. The molecule has 2 heterocycles. The minimum Gasteiger partial charge on any atom is -0.456 e. The van der Waals surface area contributed by atoms with Gasteiger partial charge in [-0.2, -0.15) is 0 Å². The second-order valence-electron chi connectivity index (χ2n) is 16.8.